The molecule has 2 fully saturated rings. The van der Waals surface area contributed by atoms with Gasteiger partial charge >= 0.3 is 0 Å². The summed E-state index contributed by atoms with van der Waals surface area (Å²) in [5, 5.41) is 0.656. The summed E-state index contributed by atoms with van der Waals surface area (Å²) in [5.41, 5.74) is 1.17. The highest BCUT2D eigenvalue weighted by molar-refractivity contribution is 7.80. The van der Waals surface area contributed by atoms with Crippen LogP contribution in [0.15, 0.2) is 30.3 Å². The summed E-state index contributed by atoms with van der Waals surface area (Å²) in [4.78, 5) is 2.19. The second-order valence-corrected chi connectivity index (χ2v) is 4.83. The zero-order valence-electron chi connectivity index (χ0n) is 9.13. The summed E-state index contributed by atoms with van der Waals surface area (Å²) in [7, 11) is 0. The number of para-hydroxylation sites is 1. The van der Waals surface area contributed by atoms with Crippen LogP contribution < -0.4 is 4.90 Å². The van der Waals surface area contributed by atoms with E-state index in [4.69, 9.17) is 17.0 Å². The number of nitrogens with zero attached hydrogens (tertiary/aromatic N) is 1. The van der Waals surface area contributed by atoms with Gasteiger partial charge in [0.25, 0.3) is 5.17 Å². The lowest BCUT2D eigenvalue weighted by Crippen LogP contribution is -2.38. The molecule has 84 valence electrons. The zero-order chi connectivity index (χ0) is 11.0. The third kappa shape index (κ3) is 1.59. The van der Waals surface area contributed by atoms with Crippen molar-refractivity contribution < 1.29 is 4.74 Å². The van der Waals surface area contributed by atoms with Gasteiger partial charge in [-0.25, -0.2) is 0 Å². The second kappa shape index (κ2) is 4.06. The molecular weight excluding hydrogens is 218 g/mol. The predicted octanol–water partition coefficient (Wildman–Crippen LogP) is 3.12. The predicted molar refractivity (Wildman–Crippen MR) is 68.6 cm³/mol. The molecule has 1 aromatic carbocycles. The van der Waals surface area contributed by atoms with E-state index in [0.717, 1.165) is 6.42 Å². The van der Waals surface area contributed by atoms with Gasteiger partial charge in [-0.1, -0.05) is 24.6 Å². The standard InChI is InChI=1S/C13H15NOS/c16-13-14(10-6-2-1-3-7-10)11-8-4-5-9-12(11)15-13/h1-3,6-7,11-12H,4-5,8-9H2/t11-,12+/m0/s1. The van der Waals surface area contributed by atoms with Crippen molar-refractivity contribution in [2.75, 3.05) is 4.90 Å². The van der Waals surface area contributed by atoms with E-state index in [1.165, 1.54) is 24.9 Å². The molecule has 0 aromatic heterocycles. The Hall–Kier alpha value is -1.09. The number of ether oxygens (including phenoxy) is 1. The van der Waals surface area contributed by atoms with Gasteiger partial charge in [-0.15, -0.1) is 0 Å². The van der Waals surface area contributed by atoms with Gasteiger partial charge in [-0.05, 0) is 43.6 Å². The smallest absolute Gasteiger partial charge is 0.264 e. The molecule has 3 heteroatoms. The highest BCUT2D eigenvalue weighted by Crippen LogP contribution is 2.35. The lowest BCUT2D eigenvalue weighted by molar-refractivity contribution is 0.164. The van der Waals surface area contributed by atoms with E-state index in [0.29, 0.717) is 17.3 Å². The van der Waals surface area contributed by atoms with Crippen LogP contribution in [0, 0.1) is 0 Å². The first kappa shape index (κ1) is 10.1. The first-order valence-corrected chi connectivity index (χ1v) is 6.32. The van der Waals surface area contributed by atoms with Gasteiger partial charge in [-0.2, -0.15) is 0 Å². The highest BCUT2D eigenvalue weighted by atomic mass is 32.1. The SMILES string of the molecule is S=C1O[C@@H]2CCCC[C@@H]2N1c1ccccc1. The topological polar surface area (TPSA) is 12.5 Å². The van der Waals surface area contributed by atoms with E-state index < -0.39 is 0 Å². The lowest BCUT2D eigenvalue weighted by Gasteiger charge is -2.28. The number of hydrogen-bond donors (Lipinski definition) is 0. The molecule has 1 aromatic rings. The van der Waals surface area contributed by atoms with Gasteiger partial charge in [0.05, 0.1) is 6.04 Å². The summed E-state index contributed by atoms with van der Waals surface area (Å²) in [6.45, 7) is 0. The van der Waals surface area contributed by atoms with Crippen LogP contribution in [-0.4, -0.2) is 17.3 Å². The maximum atomic E-state index is 5.79. The lowest BCUT2D eigenvalue weighted by atomic mass is 9.92. The fourth-order valence-electron chi connectivity index (χ4n) is 2.72. The fourth-order valence-corrected chi connectivity index (χ4v) is 3.08. The van der Waals surface area contributed by atoms with E-state index in [1.54, 1.807) is 0 Å². The van der Waals surface area contributed by atoms with Crippen LogP contribution in [0.1, 0.15) is 25.7 Å². The van der Waals surface area contributed by atoms with Crippen molar-refractivity contribution in [2.24, 2.45) is 0 Å². The molecular formula is C13H15NOS. The van der Waals surface area contributed by atoms with E-state index in [9.17, 15) is 0 Å². The molecule has 0 N–H and O–H groups in total. The molecule has 16 heavy (non-hydrogen) atoms. The molecule has 2 aliphatic rings. The molecule has 0 spiro atoms. The molecule has 2 nitrogen and oxygen atoms in total. The molecule has 2 atom stereocenters. The number of anilines is 1. The second-order valence-electron chi connectivity index (χ2n) is 4.48. The molecule has 1 aliphatic carbocycles. The van der Waals surface area contributed by atoms with Crippen LogP contribution in [0.3, 0.4) is 0 Å². The van der Waals surface area contributed by atoms with Gasteiger partial charge in [0.1, 0.15) is 6.10 Å². The quantitative estimate of drug-likeness (QED) is 0.691. The zero-order valence-corrected chi connectivity index (χ0v) is 9.95. The first-order chi connectivity index (χ1) is 7.86. The minimum Gasteiger partial charge on any atom is -0.465 e. The Morgan fingerprint density at radius 2 is 1.88 bits per heavy atom. The van der Waals surface area contributed by atoms with E-state index in [1.807, 2.05) is 18.2 Å². The molecule has 0 radical (unpaired) electrons. The van der Waals surface area contributed by atoms with Crippen molar-refractivity contribution in [2.45, 2.75) is 37.8 Å². The molecule has 3 rings (SSSR count). The third-order valence-electron chi connectivity index (χ3n) is 3.48. The Morgan fingerprint density at radius 3 is 2.69 bits per heavy atom. The largest absolute Gasteiger partial charge is 0.465 e. The minimum atomic E-state index is 0.321. The molecule has 0 bridgehead atoms. The van der Waals surface area contributed by atoms with Gasteiger partial charge < -0.3 is 4.74 Å². The van der Waals surface area contributed by atoms with E-state index >= 15 is 0 Å². The summed E-state index contributed by atoms with van der Waals surface area (Å²) in [5.74, 6) is 0. The Kier molecular flexibility index (Phi) is 2.56. The Labute approximate surface area is 101 Å². The number of thiocarbonyl (C=S) groups is 1. The monoisotopic (exact) mass is 233 g/mol. The van der Waals surface area contributed by atoms with E-state index in [-0.39, 0.29) is 0 Å². The van der Waals surface area contributed by atoms with Crippen molar-refractivity contribution in [3.63, 3.8) is 0 Å². The first-order valence-electron chi connectivity index (χ1n) is 5.91. The van der Waals surface area contributed by atoms with Crippen molar-refractivity contribution in [1.82, 2.24) is 0 Å². The Balaban J connectivity index is 1.91. The number of benzene rings is 1. The molecule has 1 heterocycles. The molecule has 1 saturated carbocycles. The molecule has 0 unspecified atom stereocenters. The van der Waals surface area contributed by atoms with Crippen molar-refractivity contribution in [1.29, 1.82) is 0 Å². The van der Waals surface area contributed by atoms with Gasteiger partial charge in [0.2, 0.25) is 0 Å². The average molecular weight is 233 g/mol. The number of rotatable bonds is 1. The maximum Gasteiger partial charge on any atom is 0.264 e. The summed E-state index contributed by atoms with van der Waals surface area (Å²) >= 11 is 5.34. The number of fused-ring (bicyclic) bond motifs is 1. The summed E-state index contributed by atoms with van der Waals surface area (Å²) in [6.07, 6.45) is 5.22. The normalized spacial score (nSPS) is 28.8. The van der Waals surface area contributed by atoms with Gasteiger partial charge in [0.15, 0.2) is 0 Å². The van der Waals surface area contributed by atoms with Crippen molar-refractivity contribution in [3.8, 4) is 0 Å². The van der Waals surface area contributed by atoms with Gasteiger partial charge in [0, 0.05) is 5.69 Å². The maximum absolute atomic E-state index is 5.79. The Bertz CT molecular complexity index is 392. The van der Waals surface area contributed by atoms with E-state index in [2.05, 4.69) is 17.0 Å². The van der Waals surface area contributed by atoms with Crippen LogP contribution in [0.5, 0.6) is 0 Å². The van der Waals surface area contributed by atoms with Crippen LogP contribution in [0.2, 0.25) is 0 Å². The van der Waals surface area contributed by atoms with Crippen LogP contribution in [0.25, 0.3) is 0 Å². The fraction of sp³-hybridized carbons (Fsp3) is 0.462. The molecule has 1 saturated heterocycles. The number of hydrogen-bond acceptors (Lipinski definition) is 2. The van der Waals surface area contributed by atoms with Crippen LogP contribution >= 0.6 is 12.2 Å². The summed E-state index contributed by atoms with van der Waals surface area (Å²) in [6, 6.07) is 10.8. The minimum absolute atomic E-state index is 0.321. The average Bonchev–Trinajstić information content (AvgIpc) is 2.66. The van der Waals surface area contributed by atoms with Crippen LogP contribution in [0.4, 0.5) is 5.69 Å². The van der Waals surface area contributed by atoms with Gasteiger partial charge in [-0.3, -0.25) is 4.90 Å². The third-order valence-corrected chi connectivity index (χ3v) is 3.78. The summed E-state index contributed by atoms with van der Waals surface area (Å²) < 4.78 is 5.79. The Morgan fingerprint density at radius 1 is 1.12 bits per heavy atom. The highest BCUT2D eigenvalue weighted by Gasteiger charge is 2.41. The molecule has 1 aliphatic heterocycles. The van der Waals surface area contributed by atoms with Crippen LogP contribution in [-0.2, 0) is 4.74 Å². The van der Waals surface area contributed by atoms with Crippen molar-refractivity contribution >= 4 is 23.1 Å². The molecule has 0 amide bonds. The van der Waals surface area contributed by atoms with Crippen molar-refractivity contribution in [3.05, 3.63) is 30.3 Å².